The number of benzene rings is 1. The Labute approximate surface area is 258 Å². The fraction of sp³-hybridized carbons (Fsp3) is 0.667. The fourth-order valence-electron chi connectivity index (χ4n) is 3.14. The SMILES string of the molecule is COCCOCCOCCOCCOCCOCOC(=O)CCC(=O)OC(COCc1ccccc1)COC(=O)CCC=O. The molecule has 1 aromatic carbocycles. The average Bonchev–Trinajstić information content (AvgIpc) is 3.03. The van der Waals surface area contributed by atoms with E-state index in [1.165, 1.54) is 0 Å². The molecular weight excluding hydrogens is 584 g/mol. The molecule has 14 heteroatoms. The molecule has 0 radical (unpaired) electrons. The minimum atomic E-state index is -0.888. The van der Waals surface area contributed by atoms with Crippen LogP contribution in [0.15, 0.2) is 30.3 Å². The van der Waals surface area contributed by atoms with Gasteiger partial charge in [-0.15, -0.1) is 0 Å². The van der Waals surface area contributed by atoms with Gasteiger partial charge in [0.2, 0.25) is 0 Å². The third kappa shape index (κ3) is 24.5. The summed E-state index contributed by atoms with van der Waals surface area (Å²) >= 11 is 0. The number of hydrogen-bond donors (Lipinski definition) is 0. The van der Waals surface area contributed by atoms with Crippen molar-refractivity contribution in [1.82, 2.24) is 0 Å². The van der Waals surface area contributed by atoms with Gasteiger partial charge in [0.25, 0.3) is 0 Å². The molecule has 0 aliphatic rings. The maximum Gasteiger partial charge on any atom is 0.308 e. The highest BCUT2D eigenvalue weighted by Gasteiger charge is 2.19. The van der Waals surface area contributed by atoms with Crippen LogP contribution in [-0.4, -0.2) is 123 Å². The van der Waals surface area contributed by atoms with E-state index in [0.29, 0.717) is 59.1 Å². The van der Waals surface area contributed by atoms with Crippen molar-refractivity contribution < 1.29 is 66.5 Å². The average molecular weight is 631 g/mol. The van der Waals surface area contributed by atoms with Crippen LogP contribution in [0.5, 0.6) is 0 Å². The standard InChI is InChI=1S/C30H46O14/c1-35-12-13-36-14-15-37-16-17-38-18-19-39-20-21-40-25-43-29(33)9-10-30(34)44-27(24-42-28(32)8-5-11-31)23-41-22-26-6-3-2-4-7-26/h2-4,6-7,11,27H,5,8-10,12-25H2,1H3. The molecule has 1 unspecified atom stereocenters. The van der Waals surface area contributed by atoms with Gasteiger partial charge in [0.1, 0.15) is 12.9 Å². The summed E-state index contributed by atoms with van der Waals surface area (Å²) in [6.45, 7) is 3.98. The van der Waals surface area contributed by atoms with E-state index in [1.54, 1.807) is 7.11 Å². The van der Waals surface area contributed by atoms with Gasteiger partial charge in [-0.3, -0.25) is 14.4 Å². The van der Waals surface area contributed by atoms with Gasteiger partial charge < -0.3 is 52.2 Å². The predicted octanol–water partition coefficient (Wildman–Crippen LogP) is 1.65. The molecule has 14 nitrogen and oxygen atoms in total. The van der Waals surface area contributed by atoms with Crippen LogP contribution in [0.1, 0.15) is 31.2 Å². The maximum absolute atomic E-state index is 12.3. The molecule has 0 spiro atoms. The minimum absolute atomic E-state index is 0.0334. The quantitative estimate of drug-likeness (QED) is 0.0397. The van der Waals surface area contributed by atoms with E-state index in [9.17, 15) is 19.2 Å². The van der Waals surface area contributed by atoms with Crippen LogP contribution in [0.2, 0.25) is 0 Å². The van der Waals surface area contributed by atoms with Gasteiger partial charge >= 0.3 is 17.9 Å². The summed E-state index contributed by atoms with van der Waals surface area (Å²) in [5.41, 5.74) is 0.916. The van der Waals surface area contributed by atoms with E-state index in [0.717, 1.165) is 5.56 Å². The van der Waals surface area contributed by atoms with Crippen molar-refractivity contribution in [3.63, 3.8) is 0 Å². The molecular formula is C30H46O14. The van der Waals surface area contributed by atoms with Gasteiger partial charge in [-0.05, 0) is 5.56 Å². The number of methoxy groups -OCH3 is 1. The van der Waals surface area contributed by atoms with E-state index in [1.807, 2.05) is 30.3 Å². The Morgan fingerprint density at radius 3 is 1.77 bits per heavy atom. The molecule has 1 rings (SSSR count). The lowest BCUT2D eigenvalue weighted by atomic mass is 10.2. The van der Waals surface area contributed by atoms with Crippen LogP contribution in [0, 0.1) is 0 Å². The zero-order valence-electron chi connectivity index (χ0n) is 25.5. The highest BCUT2D eigenvalue weighted by Crippen LogP contribution is 2.06. The zero-order valence-corrected chi connectivity index (χ0v) is 25.5. The first kappa shape index (κ1) is 39.0. The van der Waals surface area contributed by atoms with Crippen molar-refractivity contribution in [3.05, 3.63) is 35.9 Å². The number of carbonyl (C=O) groups excluding carboxylic acids is 4. The van der Waals surface area contributed by atoms with E-state index >= 15 is 0 Å². The molecule has 0 aliphatic heterocycles. The number of ether oxygens (including phenoxy) is 10. The Morgan fingerprint density at radius 1 is 0.636 bits per heavy atom. The second-order valence-corrected chi connectivity index (χ2v) is 8.99. The first-order chi connectivity index (χ1) is 21.5. The van der Waals surface area contributed by atoms with Crippen LogP contribution >= 0.6 is 0 Å². The summed E-state index contributed by atoms with van der Waals surface area (Å²) in [6.07, 6.45) is -0.790. The third-order valence-electron chi connectivity index (χ3n) is 5.37. The summed E-state index contributed by atoms with van der Waals surface area (Å²) in [6, 6.07) is 9.36. The number of aldehydes is 1. The fourth-order valence-corrected chi connectivity index (χ4v) is 3.14. The van der Waals surface area contributed by atoms with Gasteiger partial charge in [-0.1, -0.05) is 30.3 Å². The van der Waals surface area contributed by atoms with Gasteiger partial charge in [0.05, 0.1) is 98.5 Å². The second-order valence-electron chi connectivity index (χ2n) is 8.99. The molecule has 0 fully saturated rings. The topological polar surface area (TPSA) is 161 Å². The normalized spacial score (nSPS) is 11.6. The Balaban J connectivity index is 2.09. The first-order valence-corrected chi connectivity index (χ1v) is 14.5. The molecule has 1 aromatic rings. The summed E-state index contributed by atoms with van der Waals surface area (Å²) in [4.78, 5) is 46.4. The molecule has 0 heterocycles. The van der Waals surface area contributed by atoms with Crippen molar-refractivity contribution in [1.29, 1.82) is 0 Å². The maximum atomic E-state index is 12.3. The smallest absolute Gasteiger partial charge is 0.308 e. The summed E-state index contributed by atoms with van der Waals surface area (Å²) in [5, 5.41) is 0. The second kappa shape index (κ2) is 28.8. The third-order valence-corrected chi connectivity index (χ3v) is 5.37. The molecule has 0 saturated carbocycles. The summed E-state index contributed by atoms with van der Waals surface area (Å²) < 4.78 is 52.4. The van der Waals surface area contributed by atoms with Gasteiger partial charge in [0.15, 0.2) is 12.9 Å². The Bertz CT molecular complexity index is 867. The molecule has 44 heavy (non-hydrogen) atoms. The number of esters is 3. The van der Waals surface area contributed by atoms with Crippen LogP contribution in [0.25, 0.3) is 0 Å². The largest absolute Gasteiger partial charge is 0.462 e. The molecule has 1 atom stereocenters. The van der Waals surface area contributed by atoms with Crippen LogP contribution in [0.3, 0.4) is 0 Å². The van der Waals surface area contributed by atoms with Crippen LogP contribution < -0.4 is 0 Å². The van der Waals surface area contributed by atoms with Crippen molar-refractivity contribution in [2.75, 3.05) is 93.2 Å². The number of rotatable bonds is 30. The van der Waals surface area contributed by atoms with Gasteiger partial charge in [-0.25, -0.2) is 0 Å². The Hall–Kier alpha value is -2.98. The van der Waals surface area contributed by atoms with Crippen molar-refractivity contribution >= 4 is 24.2 Å². The predicted molar refractivity (Wildman–Crippen MR) is 154 cm³/mol. The lowest BCUT2D eigenvalue weighted by molar-refractivity contribution is -0.166. The molecule has 0 aromatic heterocycles. The lowest BCUT2D eigenvalue weighted by Gasteiger charge is -2.18. The highest BCUT2D eigenvalue weighted by molar-refractivity contribution is 5.77. The van der Waals surface area contributed by atoms with E-state index < -0.39 is 24.0 Å². The molecule has 0 saturated heterocycles. The Morgan fingerprint density at radius 2 is 1.18 bits per heavy atom. The highest BCUT2D eigenvalue weighted by atomic mass is 16.7. The number of hydrogen-bond acceptors (Lipinski definition) is 14. The summed E-state index contributed by atoms with van der Waals surface area (Å²) in [5.74, 6) is -1.92. The van der Waals surface area contributed by atoms with E-state index in [4.69, 9.17) is 47.4 Å². The van der Waals surface area contributed by atoms with Crippen LogP contribution in [-0.2, 0) is 73.2 Å². The lowest BCUT2D eigenvalue weighted by Crippen LogP contribution is -2.30. The monoisotopic (exact) mass is 630 g/mol. The first-order valence-electron chi connectivity index (χ1n) is 14.5. The van der Waals surface area contributed by atoms with E-state index in [2.05, 4.69) is 0 Å². The van der Waals surface area contributed by atoms with E-state index in [-0.39, 0.29) is 65.5 Å². The van der Waals surface area contributed by atoms with Gasteiger partial charge in [0, 0.05) is 13.5 Å². The van der Waals surface area contributed by atoms with Crippen molar-refractivity contribution in [2.45, 2.75) is 38.4 Å². The van der Waals surface area contributed by atoms with Crippen molar-refractivity contribution in [3.8, 4) is 0 Å². The molecule has 0 bridgehead atoms. The zero-order chi connectivity index (χ0) is 31.9. The van der Waals surface area contributed by atoms with Crippen LogP contribution in [0.4, 0.5) is 0 Å². The number of carbonyl (C=O) groups is 4. The minimum Gasteiger partial charge on any atom is -0.462 e. The molecule has 0 aliphatic carbocycles. The van der Waals surface area contributed by atoms with Gasteiger partial charge in [-0.2, -0.15) is 0 Å². The molecule has 0 amide bonds. The molecule has 0 N–H and O–H groups in total. The van der Waals surface area contributed by atoms with Crippen molar-refractivity contribution in [2.24, 2.45) is 0 Å². The molecule has 250 valence electrons. The Kier molecular flexibility index (Phi) is 25.5. The summed E-state index contributed by atoms with van der Waals surface area (Å²) in [7, 11) is 1.62.